The van der Waals surface area contributed by atoms with E-state index < -0.39 is 5.91 Å². The fraction of sp³-hybridized carbons (Fsp3) is 0.353. The second kappa shape index (κ2) is 9.08. The maximum atomic E-state index is 12.4. The summed E-state index contributed by atoms with van der Waals surface area (Å²) in [5.74, 6) is -0.408. The van der Waals surface area contributed by atoms with Crippen LogP contribution in [0.15, 0.2) is 18.3 Å². The molecule has 0 fully saturated rings. The van der Waals surface area contributed by atoms with Crippen molar-refractivity contribution in [3.05, 3.63) is 28.9 Å². The second-order valence-corrected chi connectivity index (χ2v) is 6.82. The van der Waals surface area contributed by atoms with Crippen molar-refractivity contribution < 1.29 is 18.7 Å². The van der Waals surface area contributed by atoms with E-state index in [9.17, 15) is 14.4 Å². The molecule has 0 saturated heterocycles. The Balaban J connectivity index is 0. The Bertz CT molecular complexity index is 846. The van der Waals surface area contributed by atoms with Crippen molar-refractivity contribution in [2.45, 2.75) is 26.8 Å². The highest BCUT2D eigenvalue weighted by Gasteiger charge is 2.24. The van der Waals surface area contributed by atoms with E-state index in [0.29, 0.717) is 22.9 Å². The molecule has 0 aliphatic heterocycles. The van der Waals surface area contributed by atoms with Crippen molar-refractivity contribution in [2.24, 2.45) is 0 Å². The van der Waals surface area contributed by atoms with E-state index in [1.54, 1.807) is 12.1 Å². The largest absolute Gasteiger partial charge is 0.354 e. The number of anilines is 1. The number of carbonyl (C=O) groups is 3. The molecule has 0 atom stereocenters. The third-order valence-corrected chi connectivity index (χ3v) is 4.39. The van der Waals surface area contributed by atoms with Gasteiger partial charge in [0, 0.05) is 35.7 Å². The van der Waals surface area contributed by atoms with Gasteiger partial charge in [-0.15, -0.1) is 11.3 Å². The predicted octanol–water partition coefficient (Wildman–Crippen LogP) is 2.58. The summed E-state index contributed by atoms with van der Waals surface area (Å²) in [5.41, 5.74) is 0.711. The van der Waals surface area contributed by atoms with Crippen LogP contribution in [0.1, 0.15) is 45.2 Å². The zero-order valence-electron chi connectivity index (χ0n) is 15.5. The van der Waals surface area contributed by atoms with Gasteiger partial charge in [-0.05, 0) is 32.9 Å². The highest BCUT2D eigenvalue weighted by atomic mass is 32.1. The monoisotopic (exact) mass is 396 g/mol. The Morgan fingerprint density at radius 2 is 1.96 bits per heavy atom. The van der Waals surface area contributed by atoms with Crippen LogP contribution in [0.5, 0.6) is 0 Å². The first kappa shape index (κ1) is 20.3. The molecule has 2 aromatic rings. The van der Waals surface area contributed by atoms with E-state index >= 15 is 0 Å². The highest BCUT2D eigenvalue weighted by Crippen LogP contribution is 2.28. The average Bonchev–Trinajstić information content (AvgIpc) is 3.07. The molecule has 0 aliphatic rings. The van der Waals surface area contributed by atoms with Gasteiger partial charge in [0.25, 0.3) is 11.8 Å². The van der Waals surface area contributed by atoms with E-state index in [0.717, 1.165) is 11.3 Å². The van der Waals surface area contributed by atoms with Crippen LogP contribution >= 0.6 is 11.3 Å². The number of amides is 4. The lowest BCUT2D eigenvalue weighted by Crippen LogP contribution is -2.32. The zero-order chi connectivity index (χ0) is 20.0. The lowest BCUT2D eigenvalue weighted by Gasteiger charge is -2.07. The summed E-state index contributed by atoms with van der Waals surface area (Å²) in [5, 5.41) is 11.0. The van der Waals surface area contributed by atoms with Crippen LogP contribution in [0.4, 0.5) is 10.6 Å². The number of aromatic nitrogens is 2. The molecule has 10 heteroatoms. The molecule has 2 aromatic heterocycles. The van der Waals surface area contributed by atoms with Crippen LogP contribution in [0, 0.1) is 0 Å². The number of thiazole rings is 1. The summed E-state index contributed by atoms with van der Waals surface area (Å²) >= 11 is 1.10. The fourth-order valence-electron chi connectivity index (χ4n) is 2.11. The van der Waals surface area contributed by atoms with Crippen molar-refractivity contribution in [1.29, 1.82) is 0 Å². The number of carbonyl (C=O) groups excluding carboxylic acids is 3. The standard InChI is InChI=1S/C17H22N6O3S.3H2/c1-5-19-17(26)22-11-7-6-10(8-20-11)16-23-12(14(24)21-9(2)3)13(27-16)15(25)18-4;;;/h6-9H,5H2,1-4H3,(H,18,25)(H,21,24)(H2,19,20,22,26);3*1H. The molecule has 2 heterocycles. The Kier molecular flexibility index (Phi) is 6.83. The Labute approximate surface area is 165 Å². The minimum Gasteiger partial charge on any atom is -0.354 e. The highest BCUT2D eigenvalue weighted by molar-refractivity contribution is 7.17. The van der Waals surface area contributed by atoms with E-state index in [-0.39, 0.29) is 32.8 Å². The minimum absolute atomic E-state index is 0. The molecule has 0 aromatic carbocycles. The molecule has 9 nitrogen and oxygen atoms in total. The van der Waals surface area contributed by atoms with Gasteiger partial charge < -0.3 is 16.0 Å². The van der Waals surface area contributed by atoms with Crippen LogP contribution in [0.2, 0.25) is 0 Å². The first-order valence-electron chi connectivity index (χ1n) is 8.40. The van der Waals surface area contributed by atoms with Gasteiger partial charge in [-0.3, -0.25) is 14.9 Å². The molecular formula is C17H28N6O3S. The lowest BCUT2D eigenvalue weighted by atomic mass is 10.2. The van der Waals surface area contributed by atoms with Gasteiger partial charge in [-0.2, -0.15) is 0 Å². The van der Waals surface area contributed by atoms with Gasteiger partial charge >= 0.3 is 6.03 Å². The van der Waals surface area contributed by atoms with E-state index in [4.69, 9.17) is 0 Å². The summed E-state index contributed by atoms with van der Waals surface area (Å²) < 4.78 is 0. The molecule has 2 rings (SSSR count). The first-order chi connectivity index (χ1) is 12.8. The fourth-order valence-corrected chi connectivity index (χ4v) is 3.11. The number of nitrogens with zero attached hydrogens (tertiary/aromatic N) is 2. The molecule has 0 bridgehead atoms. The van der Waals surface area contributed by atoms with Crippen LogP contribution in [-0.2, 0) is 0 Å². The average molecular weight is 397 g/mol. The number of urea groups is 1. The molecule has 0 radical (unpaired) electrons. The number of hydrogen-bond donors (Lipinski definition) is 4. The molecule has 150 valence electrons. The van der Waals surface area contributed by atoms with E-state index in [2.05, 4.69) is 31.2 Å². The third kappa shape index (κ3) is 5.23. The Morgan fingerprint density at radius 3 is 2.52 bits per heavy atom. The SMILES string of the molecule is CCNC(=O)Nc1ccc(-c2nc(C(=O)NC(C)C)c(C(=O)NC)s2)cn1.[HH].[HH].[HH]. The molecule has 0 spiro atoms. The van der Waals surface area contributed by atoms with Gasteiger partial charge in [0.05, 0.1) is 0 Å². The Hall–Kier alpha value is -3.01. The van der Waals surface area contributed by atoms with Crippen LogP contribution in [0.3, 0.4) is 0 Å². The normalized spacial score (nSPS) is 10.4. The Morgan fingerprint density at radius 1 is 1.22 bits per heavy atom. The molecule has 0 saturated carbocycles. The lowest BCUT2D eigenvalue weighted by molar-refractivity contribution is 0.0916. The van der Waals surface area contributed by atoms with Crippen molar-refractivity contribution in [3.8, 4) is 10.6 Å². The van der Waals surface area contributed by atoms with Gasteiger partial charge in [0.15, 0.2) is 5.69 Å². The molecule has 4 N–H and O–H groups in total. The van der Waals surface area contributed by atoms with Gasteiger partial charge in [0.2, 0.25) is 0 Å². The zero-order valence-corrected chi connectivity index (χ0v) is 16.4. The van der Waals surface area contributed by atoms with Gasteiger partial charge in [-0.1, -0.05) is 0 Å². The van der Waals surface area contributed by atoms with Crippen LogP contribution in [-0.4, -0.2) is 47.4 Å². The first-order valence-corrected chi connectivity index (χ1v) is 9.22. The number of hydrogen-bond acceptors (Lipinski definition) is 6. The molecular weight excluding hydrogens is 368 g/mol. The minimum atomic E-state index is -0.409. The van der Waals surface area contributed by atoms with E-state index in [1.807, 2.05) is 20.8 Å². The smallest absolute Gasteiger partial charge is 0.320 e. The van der Waals surface area contributed by atoms with Crippen LogP contribution < -0.4 is 21.3 Å². The number of rotatable bonds is 6. The van der Waals surface area contributed by atoms with Gasteiger partial charge in [0.1, 0.15) is 15.7 Å². The molecule has 27 heavy (non-hydrogen) atoms. The molecule has 0 aliphatic carbocycles. The predicted molar refractivity (Wildman–Crippen MR) is 110 cm³/mol. The van der Waals surface area contributed by atoms with Crippen molar-refractivity contribution in [2.75, 3.05) is 18.9 Å². The van der Waals surface area contributed by atoms with Crippen molar-refractivity contribution in [1.82, 2.24) is 25.9 Å². The summed E-state index contributed by atoms with van der Waals surface area (Å²) in [4.78, 5) is 44.7. The second-order valence-electron chi connectivity index (χ2n) is 5.82. The third-order valence-electron chi connectivity index (χ3n) is 3.28. The van der Waals surface area contributed by atoms with Crippen molar-refractivity contribution >= 4 is 35.0 Å². The quantitative estimate of drug-likeness (QED) is 0.597. The van der Waals surface area contributed by atoms with Crippen molar-refractivity contribution in [3.63, 3.8) is 0 Å². The summed E-state index contributed by atoms with van der Waals surface area (Å²) in [6, 6.07) is 2.91. The topological polar surface area (TPSA) is 125 Å². The summed E-state index contributed by atoms with van der Waals surface area (Å²) in [6.07, 6.45) is 1.53. The molecule has 4 amide bonds. The van der Waals surface area contributed by atoms with Crippen LogP contribution in [0.25, 0.3) is 10.6 Å². The maximum Gasteiger partial charge on any atom is 0.320 e. The summed E-state index contributed by atoms with van der Waals surface area (Å²) in [7, 11) is 1.50. The van der Waals surface area contributed by atoms with E-state index in [1.165, 1.54) is 13.2 Å². The van der Waals surface area contributed by atoms with Gasteiger partial charge in [-0.25, -0.2) is 14.8 Å². The molecule has 0 unspecified atom stereocenters. The summed E-state index contributed by atoms with van der Waals surface area (Å²) in [6.45, 7) is 5.98. The number of nitrogens with one attached hydrogen (secondary N) is 4. The number of pyridine rings is 1. The maximum absolute atomic E-state index is 12.4.